The minimum Gasteiger partial charge on any atom is -0.268 e. The van der Waals surface area contributed by atoms with Crippen molar-refractivity contribution in [1.82, 2.24) is 15.2 Å². The number of hydrogen-bond acceptors (Lipinski definition) is 4. The molecule has 1 aliphatic heterocycles. The first kappa shape index (κ1) is 20.8. The number of aryl methyl sites for hydroxylation is 1. The van der Waals surface area contributed by atoms with Crippen molar-refractivity contribution in [3.63, 3.8) is 0 Å². The Morgan fingerprint density at radius 3 is 2.38 bits per heavy atom. The van der Waals surface area contributed by atoms with E-state index in [1.165, 1.54) is 34.6 Å². The Morgan fingerprint density at radius 1 is 1.00 bits per heavy atom. The maximum atomic E-state index is 12.6. The molecule has 0 bridgehead atoms. The van der Waals surface area contributed by atoms with Crippen molar-refractivity contribution >= 4 is 27.9 Å². The molecule has 0 radical (unpaired) electrons. The van der Waals surface area contributed by atoms with Gasteiger partial charge in [-0.05, 0) is 49.6 Å². The molecule has 1 fully saturated rings. The summed E-state index contributed by atoms with van der Waals surface area (Å²) in [6, 6.07) is 13.4. The van der Waals surface area contributed by atoms with E-state index in [4.69, 9.17) is 0 Å². The van der Waals surface area contributed by atoms with Crippen molar-refractivity contribution in [2.45, 2.75) is 24.7 Å². The van der Waals surface area contributed by atoms with Gasteiger partial charge in [-0.25, -0.2) is 8.42 Å². The summed E-state index contributed by atoms with van der Waals surface area (Å²) in [6.07, 6.45) is 4.60. The quantitative estimate of drug-likeness (QED) is 0.581. The molecule has 0 aromatic heterocycles. The number of carbonyl (C=O) groups excluding carboxylic acids is 2. The summed E-state index contributed by atoms with van der Waals surface area (Å²) < 4.78 is 26.7. The Kier molecular flexibility index (Phi) is 6.46. The van der Waals surface area contributed by atoms with Gasteiger partial charge in [0.1, 0.15) is 0 Å². The number of nitrogens with zero attached hydrogens (tertiary/aromatic N) is 1. The molecule has 152 valence electrons. The smallest absolute Gasteiger partial charge is 0.268 e. The lowest BCUT2D eigenvalue weighted by atomic mass is 10.1. The molecule has 7 nitrogen and oxygen atoms in total. The first-order valence-corrected chi connectivity index (χ1v) is 10.8. The van der Waals surface area contributed by atoms with Crippen molar-refractivity contribution < 1.29 is 18.0 Å². The van der Waals surface area contributed by atoms with E-state index in [-0.39, 0.29) is 10.5 Å². The number of rotatable bonds is 5. The maximum Gasteiger partial charge on any atom is 0.269 e. The third-order valence-electron chi connectivity index (χ3n) is 4.60. The first-order chi connectivity index (χ1) is 13.9. The molecule has 2 N–H and O–H groups in total. The number of nitrogens with one attached hydrogen (secondary N) is 2. The fourth-order valence-corrected chi connectivity index (χ4v) is 4.52. The van der Waals surface area contributed by atoms with Crippen molar-refractivity contribution in [3.8, 4) is 0 Å². The van der Waals surface area contributed by atoms with Crippen LogP contribution in [0.1, 0.15) is 34.3 Å². The van der Waals surface area contributed by atoms with Gasteiger partial charge in [0.15, 0.2) is 0 Å². The van der Waals surface area contributed by atoms with Gasteiger partial charge in [-0.15, -0.1) is 0 Å². The van der Waals surface area contributed by atoms with Gasteiger partial charge in [0.05, 0.1) is 4.90 Å². The van der Waals surface area contributed by atoms with Crippen LogP contribution >= 0.6 is 0 Å². The van der Waals surface area contributed by atoms with Gasteiger partial charge < -0.3 is 0 Å². The predicted octanol–water partition coefficient (Wildman–Crippen LogP) is 2.25. The van der Waals surface area contributed by atoms with Crippen LogP contribution < -0.4 is 10.9 Å². The Hall–Kier alpha value is -2.97. The number of hydrazine groups is 1. The van der Waals surface area contributed by atoms with Crippen LogP contribution in [0.2, 0.25) is 0 Å². The highest BCUT2D eigenvalue weighted by atomic mass is 32.2. The van der Waals surface area contributed by atoms with Crippen LogP contribution in [0.3, 0.4) is 0 Å². The molecule has 0 unspecified atom stereocenters. The van der Waals surface area contributed by atoms with Crippen molar-refractivity contribution in [2.75, 3.05) is 13.1 Å². The third kappa shape index (κ3) is 5.30. The summed E-state index contributed by atoms with van der Waals surface area (Å²) >= 11 is 0. The van der Waals surface area contributed by atoms with Crippen LogP contribution in [-0.2, 0) is 14.8 Å². The third-order valence-corrected chi connectivity index (χ3v) is 6.50. The Balaban J connectivity index is 1.60. The van der Waals surface area contributed by atoms with Gasteiger partial charge in [0.25, 0.3) is 11.8 Å². The van der Waals surface area contributed by atoms with E-state index in [1.807, 2.05) is 31.2 Å². The highest BCUT2D eigenvalue weighted by Crippen LogP contribution is 2.21. The Labute approximate surface area is 170 Å². The lowest BCUT2D eigenvalue weighted by Gasteiger charge is -2.16. The molecule has 1 aliphatic rings. The van der Waals surface area contributed by atoms with Crippen molar-refractivity contribution in [2.24, 2.45) is 0 Å². The zero-order valence-electron chi connectivity index (χ0n) is 16.1. The fraction of sp³-hybridized carbons (Fsp3) is 0.238. The summed E-state index contributed by atoms with van der Waals surface area (Å²) in [5.74, 6) is -1.10. The molecule has 8 heteroatoms. The molecular weight excluding hydrogens is 390 g/mol. The van der Waals surface area contributed by atoms with E-state index in [0.29, 0.717) is 13.1 Å². The van der Waals surface area contributed by atoms with E-state index in [9.17, 15) is 18.0 Å². The predicted molar refractivity (Wildman–Crippen MR) is 110 cm³/mol. The number of benzene rings is 2. The van der Waals surface area contributed by atoms with Crippen molar-refractivity contribution in [1.29, 1.82) is 0 Å². The maximum absolute atomic E-state index is 12.6. The van der Waals surface area contributed by atoms with Gasteiger partial charge in [-0.1, -0.05) is 35.9 Å². The molecule has 3 rings (SSSR count). The van der Waals surface area contributed by atoms with Crippen LogP contribution in [-0.4, -0.2) is 37.6 Å². The minimum atomic E-state index is -3.61. The molecule has 2 aromatic rings. The van der Waals surface area contributed by atoms with Crippen molar-refractivity contribution in [3.05, 3.63) is 71.3 Å². The average Bonchev–Trinajstić information content (AvgIpc) is 3.27. The number of carbonyl (C=O) groups is 2. The van der Waals surface area contributed by atoms with Gasteiger partial charge in [0.2, 0.25) is 10.0 Å². The van der Waals surface area contributed by atoms with Crippen LogP contribution in [0.4, 0.5) is 0 Å². The zero-order valence-corrected chi connectivity index (χ0v) is 16.9. The second-order valence-electron chi connectivity index (χ2n) is 6.83. The fourth-order valence-electron chi connectivity index (χ4n) is 2.96. The second-order valence-corrected chi connectivity index (χ2v) is 8.76. The molecule has 0 aliphatic carbocycles. The number of amides is 2. The van der Waals surface area contributed by atoms with Gasteiger partial charge in [-0.3, -0.25) is 20.4 Å². The van der Waals surface area contributed by atoms with Gasteiger partial charge in [-0.2, -0.15) is 4.31 Å². The topological polar surface area (TPSA) is 95.6 Å². The number of sulfonamides is 1. The minimum absolute atomic E-state index is 0.0673. The normalized spacial score (nSPS) is 14.8. The number of hydrogen-bond donors (Lipinski definition) is 2. The van der Waals surface area contributed by atoms with Gasteiger partial charge >= 0.3 is 0 Å². The van der Waals surface area contributed by atoms with E-state index in [2.05, 4.69) is 10.9 Å². The lowest BCUT2D eigenvalue weighted by molar-refractivity contribution is -0.117. The summed E-state index contributed by atoms with van der Waals surface area (Å²) in [5, 5.41) is 0. The first-order valence-electron chi connectivity index (χ1n) is 9.31. The van der Waals surface area contributed by atoms with E-state index in [0.717, 1.165) is 24.0 Å². The molecular formula is C21H23N3O4S. The van der Waals surface area contributed by atoms with Crippen LogP contribution in [0.15, 0.2) is 59.5 Å². The Morgan fingerprint density at radius 2 is 1.69 bits per heavy atom. The van der Waals surface area contributed by atoms with Gasteiger partial charge in [0, 0.05) is 24.7 Å². The van der Waals surface area contributed by atoms with Crippen LogP contribution in [0.5, 0.6) is 0 Å². The summed E-state index contributed by atoms with van der Waals surface area (Å²) in [7, 11) is -3.61. The Bertz CT molecular complexity index is 1020. The average molecular weight is 413 g/mol. The SMILES string of the molecule is Cc1ccc(/C=C/C(=O)NNC(=O)c2cccc(S(=O)(=O)N3CCCC3)c2)cc1. The van der Waals surface area contributed by atoms with E-state index in [1.54, 1.807) is 6.08 Å². The zero-order chi connectivity index (χ0) is 20.9. The largest absolute Gasteiger partial charge is 0.269 e. The highest BCUT2D eigenvalue weighted by molar-refractivity contribution is 7.89. The summed E-state index contributed by atoms with van der Waals surface area (Å²) in [5.41, 5.74) is 6.71. The van der Waals surface area contributed by atoms with Crippen LogP contribution in [0.25, 0.3) is 6.08 Å². The molecule has 29 heavy (non-hydrogen) atoms. The summed E-state index contributed by atoms with van der Waals surface area (Å²) in [6.45, 7) is 2.95. The lowest BCUT2D eigenvalue weighted by Crippen LogP contribution is -2.40. The molecule has 2 aromatic carbocycles. The summed E-state index contributed by atoms with van der Waals surface area (Å²) in [4.78, 5) is 24.3. The molecule has 1 heterocycles. The molecule has 2 amide bonds. The monoisotopic (exact) mass is 413 g/mol. The molecule has 1 saturated heterocycles. The highest BCUT2D eigenvalue weighted by Gasteiger charge is 2.27. The molecule has 0 atom stereocenters. The molecule has 0 saturated carbocycles. The standard InChI is InChI=1S/C21H23N3O4S/c1-16-7-9-17(10-8-16)11-12-20(25)22-23-21(26)18-5-4-6-19(15-18)29(27,28)24-13-2-3-14-24/h4-12,15H,2-3,13-14H2,1H3,(H,22,25)(H,23,26)/b12-11+. The molecule has 0 spiro atoms. The van der Waals surface area contributed by atoms with Crippen LogP contribution in [0, 0.1) is 6.92 Å². The second kappa shape index (κ2) is 9.02. The van der Waals surface area contributed by atoms with E-state index < -0.39 is 21.8 Å². The van der Waals surface area contributed by atoms with E-state index >= 15 is 0 Å².